The molecule has 20 heavy (non-hydrogen) atoms. The zero-order valence-corrected chi connectivity index (χ0v) is 13.1. The topological polar surface area (TPSA) is 95.1 Å². The molecule has 1 rings (SSSR count). The first-order valence-corrected chi connectivity index (χ1v) is 7.64. The number of carbonyl (C=O) groups excluding carboxylic acids is 1. The van der Waals surface area contributed by atoms with Crippen LogP contribution >= 0.6 is 11.8 Å². The van der Waals surface area contributed by atoms with Gasteiger partial charge in [0.2, 0.25) is 5.91 Å². The number of nitrogens with two attached hydrogens (primary N) is 1. The second-order valence-corrected chi connectivity index (χ2v) is 5.41. The summed E-state index contributed by atoms with van der Waals surface area (Å²) in [6.07, 6.45) is 0.968. The third-order valence-electron chi connectivity index (χ3n) is 2.58. The molecule has 0 aliphatic carbocycles. The first kappa shape index (κ1) is 16.9. The molecule has 1 aromatic rings. The fraction of sp³-hybridized carbons (Fsp3) is 0.750. The summed E-state index contributed by atoms with van der Waals surface area (Å²) < 4.78 is 6.94. The summed E-state index contributed by atoms with van der Waals surface area (Å²) in [6.45, 7) is 5.64. The Morgan fingerprint density at radius 3 is 2.90 bits per heavy atom. The van der Waals surface area contributed by atoms with E-state index in [4.69, 9.17) is 10.5 Å². The lowest BCUT2D eigenvalue weighted by Gasteiger charge is -2.12. The van der Waals surface area contributed by atoms with Crippen LogP contribution in [0.1, 0.15) is 26.1 Å². The normalized spacial score (nSPS) is 12.4. The first-order valence-electron chi connectivity index (χ1n) is 6.65. The predicted octanol–water partition coefficient (Wildman–Crippen LogP) is 0.390. The summed E-state index contributed by atoms with van der Waals surface area (Å²) in [5.41, 5.74) is 5.62. The number of rotatable bonds is 9. The molecule has 0 aliphatic rings. The Bertz CT molecular complexity index is 424. The number of nitrogens with zero attached hydrogens (tertiary/aromatic N) is 3. The van der Waals surface area contributed by atoms with Crippen molar-refractivity contribution < 1.29 is 9.53 Å². The Morgan fingerprint density at radius 2 is 2.30 bits per heavy atom. The highest BCUT2D eigenvalue weighted by Gasteiger charge is 2.13. The molecule has 3 N–H and O–H groups in total. The van der Waals surface area contributed by atoms with Crippen LogP contribution in [0.5, 0.6) is 0 Å². The van der Waals surface area contributed by atoms with Crippen LogP contribution in [-0.2, 0) is 22.6 Å². The predicted molar refractivity (Wildman–Crippen MR) is 78.4 cm³/mol. The van der Waals surface area contributed by atoms with E-state index in [-0.39, 0.29) is 11.9 Å². The first-order chi connectivity index (χ1) is 9.62. The van der Waals surface area contributed by atoms with E-state index in [2.05, 4.69) is 22.4 Å². The van der Waals surface area contributed by atoms with Crippen LogP contribution in [0.15, 0.2) is 5.16 Å². The van der Waals surface area contributed by atoms with E-state index in [1.54, 1.807) is 7.11 Å². The van der Waals surface area contributed by atoms with Gasteiger partial charge in [-0.1, -0.05) is 18.7 Å². The molecule has 0 saturated heterocycles. The van der Waals surface area contributed by atoms with E-state index in [1.165, 1.54) is 11.8 Å². The minimum atomic E-state index is -0.0418. The van der Waals surface area contributed by atoms with Gasteiger partial charge >= 0.3 is 0 Å². The van der Waals surface area contributed by atoms with Crippen LogP contribution in [0.25, 0.3) is 0 Å². The standard InChI is InChI=1S/C12H23N5O2S/c1-4-5-17-10(6-13)15-16-12(17)20-8-11(18)14-9(2)7-19-3/h9H,4-8,13H2,1-3H3,(H,14,18). The second-order valence-electron chi connectivity index (χ2n) is 4.47. The third-order valence-corrected chi connectivity index (χ3v) is 3.55. The van der Waals surface area contributed by atoms with Crippen molar-refractivity contribution in [1.29, 1.82) is 0 Å². The van der Waals surface area contributed by atoms with Crippen molar-refractivity contribution in [2.45, 2.75) is 44.6 Å². The fourth-order valence-corrected chi connectivity index (χ4v) is 2.56. The van der Waals surface area contributed by atoms with Crippen LogP contribution in [0, 0.1) is 0 Å². The fourth-order valence-electron chi connectivity index (χ4n) is 1.76. The molecule has 114 valence electrons. The monoisotopic (exact) mass is 301 g/mol. The Balaban J connectivity index is 2.52. The molecule has 0 fully saturated rings. The zero-order valence-electron chi connectivity index (χ0n) is 12.3. The van der Waals surface area contributed by atoms with Gasteiger partial charge in [-0.3, -0.25) is 4.79 Å². The number of nitrogens with one attached hydrogen (secondary N) is 1. The van der Waals surface area contributed by atoms with Gasteiger partial charge in [0.1, 0.15) is 5.82 Å². The summed E-state index contributed by atoms with van der Waals surface area (Å²) in [5, 5.41) is 11.7. The summed E-state index contributed by atoms with van der Waals surface area (Å²) in [5.74, 6) is 1.02. The molecular weight excluding hydrogens is 278 g/mol. The Morgan fingerprint density at radius 1 is 1.55 bits per heavy atom. The minimum Gasteiger partial charge on any atom is -0.383 e. The molecular formula is C12H23N5O2S. The van der Waals surface area contributed by atoms with E-state index in [9.17, 15) is 4.79 Å². The quantitative estimate of drug-likeness (QED) is 0.641. The Kier molecular flexibility index (Phi) is 7.56. The van der Waals surface area contributed by atoms with Crippen LogP contribution in [-0.4, -0.2) is 46.2 Å². The smallest absolute Gasteiger partial charge is 0.230 e. The van der Waals surface area contributed by atoms with Gasteiger partial charge in [0.15, 0.2) is 5.16 Å². The van der Waals surface area contributed by atoms with Gasteiger partial charge in [0.05, 0.1) is 18.9 Å². The molecule has 1 aromatic heterocycles. The molecule has 7 nitrogen and oxygen atoms in total. The third kappa shape index (κ3) is 5.10. The van der Waals surface area contributed by atoms with Gasteiger partial charge in [-0.15, -0.1) is 10.2 Å². The van der Waals surface area contributed by atoms with Crippen molar-refractivity contribution in [3.63, 3.8) is 0 Å². The SMILES string of the molecule is CCCn1c(CN)nnc1SCC(=O)NC(C)COC. The highest BCUT2D eigenvalue weighted by Crippen LogP contribution is 2.17. The second kappa shape index (κ2) is 8.93. The molecule has 0 bridgehead atoms. The summed E-state index contributed by atoms with van der Waals surface area (Å²) in [6, 6.07) is 0.00112. The number of thioether (sulfide) groups is 1. The van der Waals surface area contributed by atoms with Crippen molar-refractivity contribution in [1.82, 2.24) is 20.1 Å². The maximum atomic E-state index is 11.8. The van der Waals surface area contributed by atoms with Crippen LogP contribution in [0.2, 0.25) is 0 Å². The maximum Gasteiger partial charge on any atom is 0.230 e. The van der Waals surface area contributed by atoms with Gasteiger partial charge in [-0.05, 0) is 13.3 Å². The number of carbonyl (C=O) groups is 1. The molecule has 0 saturated carbocycles. The van der Waals surface area contributed by atoms with E-state index in [0.717, 1.165) is 23.9 Å². The average molecular weight is 301 g/mol. The Labute approximate surface area is 123 Å². The molecule has 0 aromatic carbocycles. The van der Waals surface area contributed by atoms with E-state index in [0.29, 0.717) is 18.9 Å². The zero-order chi connectivity index (χ0) is 15.0. The molecule has 0 spiro atoms. The van der Waals surface area contributed by atoms with E-state index in [1.807, 2.05) is 11.5 Å². The number of aromatic nitrogens is 3. The molecule has 1 unspecified atom stereocenters. The van der Waals surface area contributed by atoms with Gasteiger partial charge in [-0.2, -0.15) is 0 Å². The number of ether oxygens (including phenoxy) is 1. The van der Waals surface area contributed by atoms with Crippen molar-refractivity contribution in [3.8, 4) is 0 Å². The molecule has 1 atom stereocenters. The van der Waals surface area contributed by atoms with E-state index < -0.39 is 0 Å². The minimum absolute atomic E-state index is 0.00112. The maximum absolute atomic E-state index is 11.8. The highest BCUT2D eigenvalue weighted by atomic mass is 32.2. The van der Waals surface area contributed by atoms with Crippen LogP contribution in [0.3, 0.4) is 0 Å². The highest BCUT2D eigenvalue weighted by molar-refractivity contribution is 7.99. The number of hydrogen-bond donors (Lipinski definition) is 2. The van der Waals surface area contributed by atoms with Crippen molar-refractivity contribution >= 4 is 17.7 Å². The molecule has 1 heterocycles. The largest absolute Gasteiger partial charge is 0.383 e. The number of hydrogen-bond acceptors (Lipinski definition) is 6. The average Bonchev–Trinajstić information content (AvgIpc) is 2.79. The molecule has 8 heteroatoms. The van der Waals surface area contributed by atoms with Gasteiger partial charge < -0.3 is 20.4 Å². The van der Waals surface area contributed by atoms with Crippen molar-refractivity contribution in [3.05, 3.63) is 5.82 Å². The summed E-state index contributed by atoms with van der Waals surface area (Å²) in [7, 11) is 1.61. The van der Waals surface area contributed by atoms with Crippen molar-refractivity contribution in [2.75, 3.05) is 19.5 Å². The van der Waals surface area contributed by atoms with Crippen LogP contribution < -0.4 is 11.1 Å². The van der Waals surface area contributed by atoms with Gasteiger partial charge in [0, 0.05) is 19.7 Å². The lowest BCUT2D eigenvalue weighted by Crippen LogP contribution is -2.36. The lowest BCUT2D eigenvalue weighted by molar-refractivity contribution is -0.119. The molecule has 0 aliphatic heterocycles. The van der Waals surface area contributed by atoms with E-state index >= 15 is 0 Å². The Hall–Kier alpha value is -1.12. The number of amides is 1. The van der Waals surface area contributed by atoms with Crippen molar-refractivity contribution in [2.24, 2.45) is 5.73 Å². The molecule has 0 radical (unpaired) electrons. The van der Waals surface area contributed by atoms with Gasteiger partial charge in [-0.25, -0.2) is 0 Å². The number of methoxy groups -OCH3 is 1. The summed E-state index contributed by atoms with van der Waals surface area (Å²) in [4.78, 5) is 11.8. The molecule has 1 amide bonds. The summed E-state index contributed by atoms with van der Waals surface area (Å²) >= 11 is 1.37. The lowest BCUT2D eigenvalue weighted by atomic mass is 10.3. The van der Waals surface area contributed by atoms with Crippen LogP contribution in [0.4, 0.5) is 0 Å². The van der Waals surface area contributed by atoms with Gasteiger partial charge in [0.25, 0.3) is 0 Å².